The van der Waals surface area contributed by atoms with Crippen molar-refractivity contribution >= 4 is 0 Å². The molecule has 0 saturated carbocycles. The number of likely N-dealkylation sites (tertiary alicyclic amines) is 1. The fraction of sp³-hybridized carbons (Fsp3) is 1.00. The minimum atomic E-state index is 0.883. The lowest BCUT2D eigenvalue weighted by molar-refractivity contribution is 0.335. The van der Waals surface area contributed by atoms with E-state index in [0.29, 0.717) is 0 Å². The highest BCUT2D eigenvalue weighted by Crippen LogP contribution is 2.09. The highest BCUT2D eigenvalue weighted by molar-refractivity contribution is 4.66. The molecule has 1 heterocycles. The number of nitrogens with zero attached hydrogens (tertiary/aromatic N) is 1. The molecule has 0 aromatic rings. The van der Waals surface area contributed by atoms with Gasteiger partial charge in [-0.25, -0.2) is 0 Å². The Labute approximate surface area is 108 Å². The molecule has 0 aromatic carbocycles. The molecular formula is C15H32N2. The van der Waals surface area contributed by atoms with Crippen LogP contribution in [-0.4, -0.2) is 37.6 Å². The Kier molecular flexibility index (Phi) is 8.72. The second kappa shape index (κ2) is 9.90. The summed E-state index contributed by atoms with van der Waals surface area (Å²) in [5.41, 5.74) is 0. The Balaban J connectivity index is 1.72. The maximum absolute atomic E-state index is 3.57. The van der Waals surface area contributed by atoms with Crippen molar-refractivity contribution in [2.24, 2.45) is 5.92 Å². The van der Waals surface area contributed by atoms with Gasteiger partial charge in [-0.15, -0.1) is 0 Å². The fourth-order valence-electron chi connectivity index (χ4n) is 2.52. The molecule has 2 heteroatoms. The van der Waals surface area contributed by atoms with Crippen LogP contribution in [0.3, 0.4) is 0 Å². The van der Waals surface area contributed by atoms with Crippen LogP contribution in [0.25, 0.3) is 0 Å². The third-order valence-electron chi connectivity index (χ3n) is 3.69. The Morgan fingerprint density at radius 2 is 1.65 bits per heavy atom. The van der Waals surface area contributed by atoms with Crippen molar-refractivity contribution in [2.75, 3.05) is 32.7 Å². The van der Waals surface area contributed by atoms with Crippen LogP contribution in [0, 0.1) is 5.92 Å². The van der Waals surface area contributed by atoms with Gasteiger partial charge < -0.3 is 10.2 Å². The summed E-state index contributed by atoms with van der Waals surface area (Å²) < 4.78 is 0. The van der Waals surface area contributed by atoms with Gasteiger partial charge >= 0.3 is 0 Å². The summed E-state index contributed by atoms with van der Waals surface area (Å²) in [6.45, 7) is 11.0. The zero-order valence-electron chi connectivity index (χ0n) is 12.0. The van der Waals surface area contributed by atoms with Gasteiger partial charge in [0.2, 0.25) is 0 Å². The van der Waals surface area contributed by atoms with Crippen molar-refractivity contribution in [2.45, 2.75) is 58.8 Å². The summed E-state index contributed by atoms with van der Waals surface area (Å²) in [7, 11) is 0. The third-order valence-corrected chi connectivity index (χ3v) is 3.69. The molecule has 0 amide bonds. The molecule has 1 rings (SSSR count). The van der Waals surface area contributed by atoms with Gasteiger partial charge in [-0.3, -0.25) is 0 Å². The topological polar surface area (TPSA) is 15.3 Å². The zero-order chi connectivity index (χ0) is 12.3. The van der Waals surface area contributed by atoms with E-state index >= 15 is 0 Å². The van der Waals surface area contributed by atoms with E-state index in [4.69, 9.17) is 0 Å². The van der Waals surface area contributed by atoms with Gasteiger partial charge in [-0.05, 0) is 44.8 Å². The lowest BCUT2D eigenvalue weighted by atomic mass is 10.0. The molecule has 2 nitrogen and oxygen atoms in total. The van der Waals surface area contributed by atoms with Crippen LogP contribution in [0.2, 0.25) is 0 Å². The number of nitrogens with one attached hydrogen (secondary N) is 1. The van der Waals surface area contributed by atoms with E-state index in [9.17, 15) is 0 Å². The molecule has 0 spiro atoms. The first-order valence-corrected chi connectivity index (χ1v) is 7.72. The van der Waals surface area contributed by atoms with E-state index < -0.39 is 0 Å². The minimum absolute atomic E-state index is 0.883. The highest BCUT2D eigenvalue weighted by Gasteiger charge is 2.09. The zero-order valence-corrected chi connectivity index (χ0v) is 12.0. The van der Waals surface area contributed by atoms with Gasteiger partial charge in [-0.2, -0.15) is 0 Å². The largest absolute Gasteiger partial charge is 0.315 e. The van der Waals surface area contributed by atoms with Crippen molar-refractivity contribution in [3.05, 3.63) is 0 Å². The molecule has 1 N–H and O–H groups in total. The molecule has 0 aliphatic carbocycles. The van der Waals surface area contributed by atoms with E-state index in [-0.39, 0.29) is 0 Å². The van der Waals surface area contributed by atoms with Crippen molar-refractivity contribution in [3.63, 3.8) is 0 Å². The smallest absolute Gasteiger partial charge is 0.0107 e. The van der Waals surface area contributed by atoms with Crippen molar-refractivity contribution < 1.29 is 0 Å². The summed E-state index contributed by atoms with van der Waals surface area (Å²) in [5.74, 6) is 0.883. The third kappa shape index (κ3) is 8.62. The summed E-state index contributed by atoms with van der Waals surface area (Å²) >= 11 is 0. The van der Waals surface area contributed by atoms with Gasteiger partial charge in [0, 0.05) is 13.1 Å². The normalized spacial score (nSPS) is 17.1. The molecule has 17 heavy (non-hydrogen) atoms. The summed E-state index contributed by atoms with van der Waals surface area (Å²) in [6.07, 6.45) is 9.84. The number of hydrogen-bond acceptors (Lipinski definition) is 2. The highest BCUT2D eigenvalue weighted by atomic mass is 15.1. The van der Waals surface area contributed by atoms with Crippen molar-refractivity contribution in [1.82, 2.24) is 10.2 Å². The van der Waals surface area contributed by atoms with Crippen LogP contribution in [0.5, 0.6) is 0 Å². The number of unbranched alkanes of at least 4 members (excludes halogenated alkanes) is 3. The Hall–Kier alpha value is -0.0800. The fourth-order valence-corrected chi connectivity index (χ4v) is 2.52. The van der Waals surface area contributed by atoms with E-state index in [1.807, 2.05) is 0 Å². The SMILES string of the molecule is CC(C)CCCCCCNCCN1CCCC1. The van der Waals surface area contributed by atoms with E-state index in [2.05, 4.69) is 24.1 Å². The summed E-state index contributed by atoms with van der Waals surface area (Å²) in [6, 6.07) is 0. The van der Waals surface area contributed by atoms with Crippen LogP contribution in [0.4, 0.5) is 0 Å². The van der Waals surface area contributed by atoms with Crippen molar-refractivity contribution in [3.8, 4) is 0 Å². The summed E-state index contributed by atoms with van der Waals surface area (Å²) in [5, 5.41) is 3.57. The lowest BCUT2D eigenvalue weighted by Gasteiger charge is -2.14. The number of rotatable bonds is 10. The standard InChI is InChI=1S/C15H32N2/c1-15(2)9-5-3-4-6-10-16-11-14-17-12-7-8-13-17/h15-16H,3-14H2,1-2H3. The van der Waals surface area contributed by atoms with Crippen molar-refractivity contribution in [1.29, 1.82) is 0 Å². The van der Waals surface area contributed by atoms with Gasteiger partial charge in [0.1, 0.15) is 0 Å². The quantitative estimate of drug-likeness (QED) is 0.590. The monoisotopic (exact) mass is 240 g/mol. The van der Waals surface area contributed by atoms with Gasteiger partial charge in [0.05, 0.1) is 0 Å². The van der Waals surface area contributed by atoms with E-state index in [0.717, 1.165) is 5.92 Å². The van der Waals surface area contributed by atoms with Crippen LogP contribution < -0.4 is 5.32 Å². The molecule has 0 atom stereocenters. The van der Waals surface area contributed by atoms with Gasteiger partial charge in [-0.1, -0.05) is 39.5 Å². The summed E-state index contributed by atoms with van der Waals surface area (Å²) in [4.78, 5) is 2.58. The second-order valence-electron chi connectivity index (χ2n) is 5.90. The van der Waals surface area contributed by atoms with Crippen LogP contribution in [0.1, 0.15) is 58.8 Å². The maximum atomic E-state index is 3.57. The Morgan fingerprint density at radius 3 is 2.35 bits per heavy atom. The molecule has 1 aliphatic rings. The van der Waals surface area contributed by atoms with Crippen LogP contribution in [-0.2, 0) is 0 Å². The molecule has 1 aliphatic heterocycles. The minimum Gasteiger partial charge on any atom is -0.315 e. The first kappa shape index (κ1) is 15.0. The molecule has 102 valence electrons. The molecule has 0 bridgehead atoms. The maximum Gasteiger partial charge on any atom is 0.0107 e. The molecule has 1 fully saturated rings. The molecule has 1 saturated heterocycles. The van der Waals surface area contributed by atoms with Gasteiger partial charge in [0.25, 0.3) is 0 Å². The van der Waals surface area contributed by atoms with Crippen LogP contribution in [0.15, 0.2) is 0 Å². The van der Waals surface area contributed by atoms with Gasteiger partial charge in [0.15, 0.2) is 0 Å². The van der Waals surface area contributed by atoms with E-state index in [1.165, 1.54) is 77.7 Å². The molecular weight excluding hydrogens is 208 g/mol. The average molecular weight is 240 g/mol. The lowest BCUT2D eigenvalue weighted by Crippen LogP contribution is -2.30. The van der Waals surface area contributed by atoms with Crippen LogP contribution >= 0.6 is 0 Å². The Bertz CT molecular complexity index is 162. The molecule has 0 radical (unpaired) electrons. The predicted octanol–water partition coefficient (Wildman–Crippen LogP) is 3.28. The van der Waals surface area contributed by atoms with E-state index in [1.54, 1.807) is 0 Å². The number of hydrogen-bond donors (Lipinski definition) is 1. The Morgan fingerprint density at radius 1 is 0.941 bits per heavy atom. The molecule has 0 aromatic heterocycles. The molecule has 0 unspecified atom stereocenters. The first-order valence-electron chi connectivity index (χ1n) is 7.72. The second-order valence-corrected chi connectivity index (χ2v) is 5.90. The average Bonchev–Trinajstić information content (AvgIpc) is 2.79. The predicted molar refractivity (Wildman–Crippen MR) is 76.5 cm³/mol. The first-order chi connectivity index (χ1) is 8.29.